The Hall–Kier alpha value is -1.65. The second-order valence-electron chi connectivity index (χ2n) is 7.50. The summed E-state index contributed by atoms with van der Waals surface area (Å²) in [6.45, 7) is 7.95. The van der Waals surface area contributed by atoms with Gasteiger partial charge in [0.1, 0.15) is 0 Å². The van der Waals surface area contributed by atoms with Gasteiger partial charge in [-0.3, -0.25) is 9.69 Å². The van der Waals surface area contributed by atoms with Crippen molar-refractivity contribution in [2.24, 2.45) is 5.92 Å². The Kier molecular flexibility index (Phi) is 3.97. The van der Waals surface area contributed by atoms with Crippen LogP contribution in [0.3, 0.4) is 0 Å². The van der Waals surface area contributed by atoms with Gasteiger partial charge in [-0.15, -0.1) is 0 Å². The maximum Gasteiger partial charge on any atom is 0.239 e. The van der Waals surface area contributed by atoms with Crippen molar-refractivity contribution in [1.29, 1.82) is 0 Å². The highest BCUT2D eigenvalue weighted by Gasteiger charge is 2.54. The van der Waals surface area contributed by atoms with E-state index in [9.17, 15) is 4.79 Å². The molecular formula is C20H24N2OS. The fourth-order valence-electron chi connectivity index (χ4n) is 4.20. The lowest BCUT2D eigenvalue weighted by Crippen LogP contribution is -2.43. The van der Waals surface area contributed by atoms with E-state index < -0.39 is 0 Å². The van der Waals surface area contributed by atoms with Crippen LogP contribution in [0, 0.1) is 5.92 Å². The lowest BCUT2D eigenvalue weighted by Gasteiger charge is -2.25. The average molecular weight is 340 g/mol. The van der Waals surface area contributed by atoms with Crippen LogP contribution in [0.4, 0.5) is 5.69 Å². The predicted octanol–water partition coefficient (Wildman–Crippen LogP) is 3.89. The van der Waals surface area contributed by atoms with Gasteiger partial charge >= 0.3 is 0 Å². The molecule has 24 heavy (non-hydrogen) atoms. The number of amides is 1. The molecule has 1 aromatic carbocycles. The smallest absolute Gasteiger partial charge is 0.239 e. The summed E-state index contributed by atoms with van der Waals surface area (Å²) in [5.74, 6) is 0.783. The molecule has 0 aliphatic carbocycles. The van der Waals surface area contributed by atoms with E-state index >= 15 is 0 Å². The van der Waals surface area contributed by atoms with Crippen LogP contribution in [0.1, 0.15) is 31.4 Å². The molecule has 2 aromatic rings. The molecule has 0 saturated carbocycles. The first kappa shape index (κ1) is 15.9. The maximum absolute atomic E-state index is 13.4. The van der Waals surface area contributed by atoms with Gasteiger partial charge < -0.3 is 4.90 Å². The Balaban J connectivity index is 1.64. The molecular weight excluding hydrogens is 316 g/mol. The highest BCUT2D eigenvalue weighted by atomic mass is 32.1. The van der Waals surface area contributed by atoms with Gasteiger partial charge in [0.15, 0.2) is 0 Å². The zero-order valence-electron chi connectivity index (χ0n) is 14.4. The third-order valence-corrected chi connectivity index (χ3v) is 5.98. The molecule has 1 amide bonds. The Morgan fingerprint density at radius 1 is 1.25 bits per heavy atom. The number of hydrogen-bond donors (Lipinski definition) is 0. The largest absolute Gasteiger partial charge is 0.311 e. The van der Waals surface area contributed by atoms with Gasteiger partial charge in [-0.1, -0.05) is 32.0 Å². The van der Waals surface area contributed by atoms with Gasteiger partial charge in [0.2, 0.25) is 5.91 Å². The Bertz CT molecular complexity index is 740. The number of likely N-dealkylation sites (tertiary alicyclic amines) is 1. The molecule has 0 N–H and O–H groups in total. The summed E-state index contributed by atoms with van der Waals surface area (Å²) in [6.07, 6.45) is 0.932. The third kappa shape index (κ3) is 2.49. The number of nitrogens with zero attached hydrogens (tertiary/aromatic N) is 2. The van der Waals surface area contributed by atoms with Gasteiger partial charge in [0.05, 0.1) is 5.41 Å². The molecule has 1 saturated heterocycles. The molecule has 0 unspecified atom stereocenters. The first-order valence-corrected chi connectivity index (χ1v) is 9.69. The second-order valence-corrected chi connectivity index (χ2v) is 8.28. The lowest BCUT2D eigenvalue weighted by atomic mass is 9.81. The summed E-state index contributed by atoms with van der Waals surface area (Å²) in [6, 6.07) is 10.6. The number of anilines is 1. The van der Waals surface area contributed by atoms with E-state index in [1.54, 1.807) is 11.3 Å². The number of rotatable bonds is 4. The van der Waals surface area contributed by atoms with E-state index in [2.05, 4.69) is 59.8 Å². The first-order chi connectivity index (χ1) is 11.6. The van der Waals surface area contributed by atoms with Crippen LogP contribution in [0.2, 0.25) is 0 Å². The summed E-state index contributed by atoms with van der Waals surface area (Å²) in [5.41, 5.74) is 3.40. The van der Waals surface area contributed by atoms with Crippen molar-refractivity contribution in [2.75, 3.05) is 24.5 Å². The van der Waals surface area contributed by atoms with Crippen molar-refractivity contribution < 1.29 is 4.79 Å². The standard InChI is InChI=1S/C20H24N2OS/c1-15(2)11-22-18-6-4-3-5-17(18)20(19(22)23)8-9-21(14-20)12-16-7-10-24-13-16/h3-7,10,13,15H,8-9,11-12,14H2,1-2H3/t20-/m0/s1. The fraction of sp³-hybridized carbons (Fsp3) is 0.450. The number of benzene rings is 1. The van der Waals surface area contributed by atoms with Crippen molar-refractivity contribution in [3.63, 3.8) is 0 Å². The zero-order chi connectivity index (χ0) is 16.7. The molecule has 3 heterocycles. The van der Waals surface area contributed by atoms with Crippen molar-refractivity contribution in [3.05, 3.63) is 52.2 Å². The van der Waals surface area contributed by atoms with Crippen LogP contribution < -0.4 is 4.90 Å². The topological polar surface area (TPSA) is 23.6 Å². The molecule has 4 heteroatoms. The van der Waals surface area contributed by atoms with Crippen LogP contribution in [-0.4, -0.2) is 30.4 Å². The van der Waals surface area contributed by atoms with Crippen LogP contribution in [0.15, 0.2) is 41.1 Å². The summed E-state index contributed by atoms with van der Waals surface area (Å²) in [4.78, 5) is 17.8. The number of para-hydroxylation sites is 1. The van der Waals surface area contributed by atoms with E-state index in [-0.39, 0.29) is 5.41 Å². The number of thiophene rings is 1. The van der Waals surface area contributed by atoms with E-state index in [1.807, 2.05) is 4.90 Å². The minimum Gasteiger partial charge on any atom is -0.311 e. The summed E-state index contributed by atoms with van der Waals surface area (Å²) in [7, 11) is 0. The molecule has 1 atom stereocenters. The van der Waals surface area contributed by atoms with Crippen LogP contribution >= 0.6 is 11.3 Å². The van der Waals surface area contributed by atoms with Gasteiger partial charge in [-0.25, -0.2) is 0 Å². The molecule has 1 spiro atoms. The zero-order valence-corrected chi connectivity index (χ0v) is 15.2. The number of fused-ring (bicyclic) bond motifs is 2. The van der Waals surface area contributed by atoms with Crippen molar-refractivity contribution in [1.82, 2.24) is 4.90 Å². The number of carbonyl (C=O) groups is 1. The minimum absolute atomic E-state index is 0.310. The lowest BCUT2D eigenvalue weighted by molar-refractivity contribution is -0.122. The molecule has 0 radical (unpaired) electrons. The molecule has 1 fully saturated rings. The SMILES string of the molecule is CC(C)CN1C(=O)[C@]2(CCN(Cc3ccsc3)C2)c2ccccc21. The Labute approximate surface area is 147 Å². The second kappa shape index (κ2) is 6.01. The quantitative estimate of drug-likeness (QED) is 0.843. The van der Waals surface area contributed by atoms with Crippen molar-refractivity contribution in [3.8, 4) is 0 Å². The molecule has 2 aliphatic heterocycles. The van der Waals surface area contributed by atoms with Gasteiger partial charge in [-0.05, 0) is 52.9 Å². The molecule has 3 nitrogen and oxygen atoms in total. The van der Waals surface area contributed by atoms with Crippen molar-refractivity contribution >= 4 is 22.9 Å². The molecule has 2 aliphatic rings. The van der Waals surface area contributed by atoms with Crippen molar-refractivity contribution in [2.45, 2.75) is 32.2 Å². The highest BCUT2D eigenvalue weighted by molar-refractivity contribution is 7.07. The average Bonchev–Trinajstić information content (AvgIpc) is 3.26. The fourth-order valence-corrected chi connectivity index (χ4v) is 4.86. The highest BCUT2D eigenvalue weighted by Crippen LogP contribution is 2.47. The summed E-state index contributed by atoms with van der Waals surface area (Å²) in [5, 5.41) is 4.34. The number of hydrogen-bond acceptors (Lipinski definition) is 3. The molecule has 4 rings (SSSR count). The summed E-state index contributed by atoms with van der Waals surface area (Å²) < 4.78 is 0. The molecule has 0 bridgehead atoms. The van der Waals surface area contributed by atoms with Gasteiger partial charge in [0, 0.05) is 25.3 Å². The predicted molar refractivity (Wildman–Crippen MR) is 99.5 cm³/mol. The first-order valence-electron chi connectivity index (χ1n) is 8.75. The van der Waals surface area contributed by atoms with Crippen LogP contribution in [0.5, 0.6) is 0 Å². The van der Waals surface area contributed by atoms with E-state index in [0.717, 1.165) is 38.3 Å². The van der Waals surface area contributed by atoms with E-state index in [4.69, 9.17) is 0 Å². The minimum atomic E-state index is -0.332. The monoisotopic (exact) mass is 340 g/mol. The Morgan fingerprint density at radius 2 is 2.08 bits per heavy atom. The van der Waals surface area contributed by atoms with Gasteiger partial charge in [0.25, 0.3) is 0 Å². The van der Waals surface area contributed by atoms with Crippen LogP contribution in [-0.2, 0) is 16.8 Å². The maximum atomic E-state index is 13.4. The van der Waals surface area contributed by atoms with Gasteiger partial charge in [-0.2, -0.15) is 11.3 Å². The summed E-state index contributed by atoms with van der Waals surface area (Å²) >= 11 is 1.74. The Morgan fingerprint density at radius 3 is 2.83 bits per heavy atom. The third-order valence-electron chi connectivity index (χ3n) is 5.25. The molecule has 126 valence electrons. The van der Waals surface area contributed by atoms with E-state index in [1.165, 1.54) is 11.1 Å². The van der Waals surface area contributed by atoms with E-state index in [0.29, 0.717) is 11.8 Å². The normalized spacial score (nSPS) is 23.6. The van der Waals surface area contributed by atoms with Crippen LogP contribution in [0.25, 0.3) is 0 Å². The number of carbonyl (C=O) groups excluding carboxylic acids is 1. The molecule has 1 aromatic heterocycles.